The molecule has 28 heavy (non-hydrogen) atoms. The quantitative estimate of drug-likeness (QED) is 0.589. The van der Waals surface area contributed by atoms with E-state index in [4.69, 9.17) is 25.6 Å². The Bertz CT molecular complexity index is 1140. The molecule has 1 N–H and O–H groups in total. The van der Waals surface area contributed by atoms with Crippen LogP contribution >= 0.6 is 22.9 Å². The maximum atomic E-state index is 13.0. The number of aryl methyl sites for hydroxylation is 2. The first-order chi connectivity index (χ1) is 13.2. The first kappa shape index (κ1) is 20.5. The third-order valence-corrected chi connectivity index (χ3v) is 7.23. The molecule has 2 aromatic heterocycles. The predicted octanol–water partition coefficient (Wildman–Crippen LogP) is 4.80. The standard InChI is InChI=1S/C18H19ClN2O5S2/c1-9-10(2)20-26-18(9)16-8-17(11(3)27-16)28(22,23)21-13-6-12(19)14(24-4)7-15(13)25-5/h6-8,21H,1-5H3. The number of ether oxygens (including phenoxy) is 2. The third kappa shape index (κ3) is 3.69. The molecule has 0 unspecified atom stereocenters. The van der Waals surface area contributed by atoms with Gasteiger partial charge in [0.2, 0.25) is 0 Å². The summed E-state index contributed by atoms with van der Waals surface area (Å²) in [5.41, 5.74) is 1.86. The van der Waals surface area contributed by atoms with Crippen molar-refractivity contribution in [1.82, 2.24) is 5.16 Å². The molecular weight excluding hydrogens is 424 g/mol. The summed E-state index contributed by atoms with van der Waals surface area (Å²) in [6.07, 6.45) is 0. The maximum Gasteiger partial charge on any atom is 0.263 e. The Kier molecular flexibility index (Phi) is 5.60. The van der Waals surface area contributed by atoms with E-state index in [-0.39, 0.29) is 15.6 Å². The van der Waals surface area contributed by atoms with E-state index < -0.39 is 10.0 Å². The van der Waals surface area contributed by atoms with E-state index in [2.05, 4.69) is 9.88 Å². The molecule has 0 aliphatic rings. The molecule has 0 atom stereocenters. The molecule has 0 aliphatic heterocycles. The van der Waals surface area contributed by atoms with Gasteiger partial charge in [0.15, 0.2) is 5.76 Å². The van der Waals surface area contributed by atoms with Crippen molar-refractivity contribution in [2.24, 2.45) is 0 Å². The Morgan fingerprint density at radius 2 is 1.79 bits per heavy atom. The summed E-state index contributed by atoms with van der Waals surface area (Å²) in [4.78, 5) is 1.46. The van der Waals surface area contributed by atoms with E-state index in [0.717, 1.165) is 11.3 Å². The van der Waals surface area contributed by atoms with Crippen LogP contribution in [0.3, 0.4) is 0 Å². The Hall–Kier alpha value is -2.23. The van der Waals surface area contributed by atoms with Gasteiger partial charge in [0.1, 0.15) is 16.4 Å². The van der Waals surface area contributed by atoms with Crippen LogP contribution in [0.1, 0.15) is 16.1 Å². The normalized spacial score (nSPS) is 11.5. The van der Waals surface area contributed by atoms with E-state index in [1.54, 1.807) is 13.0 Å². The zero-order valence-electron chi connectivity index (χ0n) is 15.9. The van der Waals surface area contributed by atoms with Gasteiger partial charge in [0, 0.05) is 16.5 Å². The molecule has 0 saturated heterocycles. The predicted molar refractivity (Wildman–Crippen MR) is 109 cm³/mol. The lowest BCUT2D eigenvalue weighted by atomic mass is 10.2. The highest BCUT2D eigenvalue weighted by atomic mass is 35.5. The van der Waals surface area contributed by atoms with Crippen LogP contribution in [0, 0.1) is 20.8 Å². The minimum Gasteiger partial charge on any atom is -0.495 e. The van der Waals surface area contributed by atoms with Gasteiger partial charge >= 0.3 is 0 Å². The highest BCUT2D eigenvalue weighted by Crippen LogP contribution is 2.39. The molecule has 3 aromatic rings. The first-order valence-corrected chi connectivity index (χ1v) is 10.8. The van der Waals surface area contributed by atoms with Gasteiger partial charge < -0.3 is 14.0 Å². The molecule has 0 aliphatic carbocycles. The Labute approximate surface area is 172 Å². The van der Waals surface area contributed by atoms with Crippen molar-refractivity contribution in [2.75, 3.05) is 18.9 Å². The Balaban J connectivity index is 2.01. The number of thiophene rings is 1. The number of hydrogen-bond donors (Lipinski definition) is 1. The van der Waals surface area contributed by atoms with Crippen LogP contribution in [0.5, 0.6) is 11.5 Å². The maximum absolute atomic E-state index is 13.0. The van der Waals surface area contributed by atoms with E-state index in [9.17, 15) is 8.42 Å². The summed E-state index contributed by atoms with van der Waals surface area (Å²) in [6.45, 7) is 5.45. The van der Waals surface area contributed by atoms with E-state index in [0.29, 0.717) is 27.0 Å². The number of anilines is 1. The fourth-order valence-electron chi connectivity index (χ4n) is 2.63. The van der Waals surface area contributed by atoms with Gasteiger partial charge in [-0.15, -0.1) is 11.3 Å². The molecule has 0 saturated carbocycles. The molecule has 3 rings (SSSR count). The smallest absolute Gasteiger partial charge is 0.263 e. The van der Waals surface area contributed by atoms with E-state index in [1.807, 2.05) is 13.8 Å². The third-order valence-electron chi connectivity index (χ3n) is 4.26. The number of rotatable bonds is 6. The number of nitrogens with one attached hydrogen (secondary N) is 1. The van der Waals surface area contributed by atoms with Crippen molar-refractivity contribution < 1.29 is 22.4 Å². The van der Waals surface area contributed by atoms with Crippen LogP contribution in [-0.4, -0.2) is 27.8 Å². The van der Waals surface area contributed by atoms with Crippen LogP contribution < -0.4 is 14.2 Å². The van der Waals surface area contributed by atoms with Crippen LogP contribution in [-0.2, 0) is 10.0 Å². The molecule has 0 fully saturated rings. The number of nitrogens with zero attached hydrogens (tertiary/aromatic N) is 1. The average Bonchev–Trinajstić information content (AvgIpc) is 3.18. The molecule has 0 spiro atoms. The summed E-state index contributed by atoms with van der Waals surface area (Å²) < 4.78 is 44.3. The molecule has 10 heteroatoms. The van der Waals surface area contributed by atoms with Gasteiger partial charge in [0.05, 0.1) is 35.5 Å². The summed E-state index contributed by atoms with van der Waals surface area (Å²) in [7, 11) is -0.987. The zero-order valence-corrected chi connectivity index (χ0v) is 18.3. The van der Waals surface area contributed by atoms with Crippen molar-refractivity contribution in [3.05, 3.63) is 39.4 Å². The second kappa shape index (κ2) is 7.65. The Morgan fingerprint density at radius 3 is 2.36 bits per heavy atom. The summed E-state index contributed by atoms with van der Waals surface area (Å²) in [5.74, 6) is 1.24. The number of aromatic nitrogens is 1. The van der Waals surface area contributed by atoms with Gasteiger partial charge in [-0.3, -0.25) is 4.72 Å². The summed E-state index contributed by atoms with van der Waals surface area (Å²) >= 11 is 7.46. The topological polar surface area (TPSA) is 90.7 Å². The number of sulfonamides is 1. The molecule has 2 heterocycles. The molecule has 0 radical (unpaired) electrons. The SMILES string of the molecule is COc1cc(OC)c(NS(=O)(=O)c2cc(-c3onc(C)c3C)sc2C)cc1Cl. The van der Waals surface area contributed by atoms with Gasteiger partial charge in [0.25, 0.3) is 10.0 Å². The molecule has 0 amide bonds. The van der Waals surface area contributed by atoms with Gasteiger partial charge in [-0.2, -0.15) is 0 Å². The van der Waals surface area contributed by atoms with Crippen molar-refractivity contribution in [2.45, 2.75) is 25.7 Å². The largest absolute Gasteiger partial charge is 0.495 e. The fraction of sp³-hybridized carbons (Fsp3) is 0.278. The second-order valence-corrected chi connectivity index (χ2v) is 9.36. The van der Waals surface area contributed by atoms with Gasteiger partial charge in [-0.25, -0.2) is 8.42 Å². The zero-order chi connectivity index (χ0) is 20.6. The van der Waals surface area contributed by atoms with Crippen LogP contribution in [0.25, 0.3) is 10.6 Å². The van der Waals surface area contributed by atoms with Crippen molar-refractivity contribution in [3.8, 4) is 22.1 Å². The van der Waals surface area contributed by atoms with Crippen LogP contribution in [0.15, 0.2) is 27.6 Å². The summed E-state index contributed by atoms with van der Waals surface area (Å²) in [5, 5.41) is 4.19. The molecular formula is C18H19ClN2O5S2. The molecule has 7 nitrogen and oxygen atoms in total. The number of hydrogen-bond acceptors (Lipinski definition) is 7. The molecule has 150 valence electrons. The second-order valence-electron chi connectivity index (χ2n) is 6.05. The lowest BCUT2D eigenvalue weighted by molar-refractivity contribution is 0.396. The molecule has 1 aromatic carbocycles. The monoisotopic (exact) mass is 442 g/mol. The van der Waals surface area contributed by atoms with E-state index >= 15 is 0 Å². The first-order valence-electron chi connectivity index (χ1n) is 8.16. The lowest BCUT2D eigenvalue weighted by Gasteiger charge is -2.14. The van der Waals surface area contributed by atoms with Crippen molar-refractivity contribution in [1.29, 1.82) is 0 Å². The molecule has 0 bridgehead atoms. The summed E-state index contributed by atoms with van der Waals surface area (Å²) in [6, 6.07) is 4.54. The van der Waals surface area contributed by atoms with Crippen LogP contribution in [0.2, 0.25) is 5.02 Å². The number of benzene rings is 1. The minimum absolute atomic E-state index is 0.148. The van der Waals surface area contributed by atoms with Crippen LogP contribution in [0.4, 0.5) is 5.69 Å². The van der Waals surface area contributed by atoms with Crippen molar-refractivity contribution >= 4 is 38.6 Å². The highest BCUT2D eigenvalue weighted by molar-refractivity contribution is 7.93. The minimum atomic E-state index is -3.89. The number of halogens is 1. The number of methoxy groups -OCH3 is 2. The lowest BCUT2D eigenvalue weighted by Crippen LogP contribution is -2.14. The van der Waals surface area contributed by atoms with E-state index in [1.165, 1.54) is 37.7 Å². The van der Waals surface area contributed by atoms with Gasteiger partial charge in [-0.1, -0.05) is 16.8 Å². The average molecular weight is 443 g/mol. The fourth-order valence-corrected chi connectivity index (χ4v) is 5.56. The van der Waals surface area contributed by atoms with Crippen molar-refractivity contribution in [3.63, 3.8) is 0 Å². The highest BCUT2D eigenvalue weighted by Gasteiger charge is 2.25. The van der Waals surface area contributed by atoms with Gasteiger partial charge in [-0.05, 0) is 32.9 Å². The Morgan fingerprint density at radius 1 is 1.11 bits per heavy atom.